The Morgan fingerprint density at radius 2 is 2.11 bits per heavy atom. The molecule has 3 rings (SSSR count). The summed E-state index contributed by atoms with van der Waals surface area (Å²) >= 11 is 0. The molecule has 0 aliphatic carbocycles. The van der Waals surface area contributed by atoms with Gasteiger partial charge in [-0.25, -0.2) is 0 Å². The quantitative estimate of drug-likeness (QED) is 0.850. The Morgan fingerprint density at radius 1 is 1.26 bits per heavy atom. The highest BCUT2D eigenvalue weighted by Crippen LogP contribution is 2.38. The monoisotopic (exact) mass is 365 g/mol. The Morgan fingerprint density at radius 3 is 2.85 bits per heavy atom. The van der Waals surface area contributed by atoms with Gasteiger partial charge in [0.05, 0.1) is 32.4 Å². The van der Waals surface area contributed by atoms with Crippen LogP contribution in [0.1, 0.15) is 30.0 Å². The van der Waals surface area contributed by atoms with Gasteiger partial charge in [-0.05, 0) is 55.8 Å². The molecule has 1 amide bonds. The van der Waals surface area contributed by atoms with Crippen molar-refractivity contribution in [3.05, 3.63) is 53.6 Å². The van der Waals surface area contributed by atoms with E-state index in [4.69, 9.17) is 14.7 Å². The second kappa shape index (κ2) is 8.56. The van der Waals surface area contributed by atoms with Crippen molar-refractivity contribution in [3.8, 4) is 17.6 Å². The van der Waals surface area contributed by atoms with Gasteiger partial charge in [-0.2, -0.15) is 5.26 Å². The highest BCUT2D eigenvalue weighted by atomic mass is 16.5. The number of nitrogens with zero attached hydrogens (tertiary/aromatic N) is 2. The van der Waals surface area contributed by atoms with Crippen LogP contribution in [-0.4, -0.2) is 38.1 Å². The van der Waals surface area contributed by atoms with E-state index in [1.807, 2.05) is 18.2 Å². The van der Waals surface area contributed by atoms with Crippen LogP contribution in [0.25, 0.3) is 0 Å². The zero-order valence-electron chi connectivity index (χ0n) is 15.6. The third kappa shape index (κ3) is 4.39. The van der Waals surface area contributed by atoms with E-state index in [0.717, 1.165) is 36.4 Å². The maximum absolute atomic E-state index is 12.5. The van der Waals surface area contributed by atoms with E-state index in [1.54, 1.807) is 38.5 Å². The first-order valence-corrected chi connectivity index (χ1v) is 8.90. The lowest BCUT2D eigenvalue weighted by atomic mass is 10.0. The number of carbonyl (C=O) groups excluding carboxylic acids is 1. The zero-order chi connectivity index (χ0) is 19.2. The number of nitrogens with one attached hydrogen (secondary N) is 1. The summed E-state index contributed by atoms with van der Waals surface area (Å²) in [5.74, 6) is 1.48. The maximum atomic E-state index is 12.5. The summed E-state index contributed by atoms with van der Waals surface area (Å²) < 4.78 is 10.9. The highest BCUT2D eigenvalue weighted by molar-refractivity contribution is 5.92. The van der Waals surface area contributed by atoms with Crippen LogP contribution in [0.15, 0.2) is 42.5 Å². The molecule has 1 N–H and O–H groups in total. The van der Waals surface area contributed by atoms with Gasteiger partial charge >= 0.3 is 0 Å². The molecule has 6 heteroatoms. The van der Waals surface area contributed by atoms with E-state index in [2.05, 4.69) is 16.3 Å². The molecule has 140 valence electrons. The molecule has 1 fully saturated rings. The Hall–Kier alpha value is -3.04. The van der Waals surface area contributed by atoms with Crippen LogP contribution < -0.4 is 14.8 Å². The maximum Gasteiger partial charge on any atom is 0.238 e. The molecule has 0 spiro atoms. The van der Waals surface area contributed by atoms with Crippen LogP contribution in [0.3, 0.4) is 0 Å². The Labute approximate surface area is 159 Å². The van der Waals surface area contributed by atoms with Gasteiger partial charge in [-0.1, -0.05) is 6.07 Å². The predicted molar refractivity (Wildman–Crippen MR) is 103 cm³/mol. The van der Waals surface area contributed by atoms with E-state index in [1.165, 1.54) is 0 Å². The molecule has 0 aromatic heterocycles. The summed E-state index contributed by atoms with van der Waals surface area (Å²) in [6.45, 7) is 1.12. The smallest absolute Gasteiger partial charge is 0.238 e. The number of hydrogen-bond donors (Lipinski definition) is 1. The molecule has 0 unspecified atom stereocenters. The fourth-order valence-corrected chi connectivity index (χ4v) is 3.52. The third-order valence-electron chi connectivity index (χ3n) is 4.78. The van der Waals surface area contributed by atoms with Crippen molar-refractivity contribution >= 4 is 11.6 Å². The van der Waals surface area contributed by atoms with Crippen LogP contribution >= 0.6 is 0 Å². The first-order chi connectivity index (χ1) is 13.1. The van der Waals surface area contributed by atoms with Gasteiger partial charge in [0.15, 0.2) is 0 Å². The molecule has 6 nitrogen and oxygen atoms in total. The lowest BCUT2D eigenvalue weighted by Gasteiger charge is -2.26. The fourth-order valence-electron chi connectivity index (χ4n) is 3.52. The number of carbonyl (C=O) groups is 1. The number of rotatable bonds is 6. The predicted octanol–water partition coefficient (Wildman–Crippen LogP) is 3.35. The standard InChI is InChI=1S/C21H23N3O3/c1-26-17-8-9-20(27-2)18(12-17)19-7-4-10-24(19)14-21(25)23-16-6-3-5-15(11-16)13-22/h3,5-6,8-9,11-12,19H,4,7,10,14H2,1-2H3,(H,23,25)/t19-/m1/s1. The first-order valence-electron chi connectivity index (χ1n) is 8.90. The summed E-state index contributed by atoms with van der Waals surface area (Å²) in [5, 5.41) is 11.9. The Balaban J connectivity index is 1.73. The number of anilines is 1. The molecule has 2 aromatic carbocycles. The molecule has 1 saturated heterocycles. The molecule has 1 atom stereocenters. The molecular formula is C21H23N3O3. The summed E-state index contributed by atoms with van der Waals surface area (Å²) in [6, 6.07) is 14.9. The molecular weight excluding hydrogens is 342 g/mol. The van der Waals surface area contributed by atoms with Gasteiger partial charge in [-0.3, -0.25) is 9.69 Å². The van der Waals surface area contributed by atoms with Gasteiger partial charge < -0.3 is 14.8 Å². The third-order valence-corrected chi connectivity index (χ3v) is 4.78. The second-order valence-corrected chi connectivity index (χ2v) is 6.48. The van der Waals surface area contributed by atoms with Crippen LogP contribution in [0, 0.1) is 11.3 Å². The number of nitriles is 1. The average molecular weight is 365 g/mol. The van der Waals surface area contributed by atoms with Crippen molar-refractivity contribution < 1.29 is 14.3 Å². The first kappa shape index (κ1) is 18.7. The lowest BCUT2D eigenvalue weighted by Crippen LogP contribution is -2.33. The minimum absolute atomic E-state index is 0.0983. The van der Waals surface area contributed by atoms with Crippen molar-refractivity contribution in [1.29, 1.82) is 5.26 Å². The molecule has 0 saturated carbocycles. The number of benzene rings is 2. The minimum atomic E-state index is -0.0983. The van der Waals surface area contributed by atoms with E-state index in [0.29, 0.717) is 11.3 Å². The van der Waals surface area contributed by atoms with Crippen LogP contribution in [0.4, 0.5) is 5.69 Å². The van der Waals surface area contributed by atoms with Crippen molar-refractivity contribution in [2.75, 3.05) is 32.6 Å². The SMILES string of the molecule is COc1ccc(OC)c([C@H]2CCCN2CC(=O)Nc2cccc(C#N)c2)c1. The van der Waals surface area contributed by atoms with Gasteiger partial charge in [0, 0.05) is 17.3 Å². The van der Waals surface area contributed by atoms with Crippen LogP contribution in [-0.2, 0) is 4.79 Å². The summed E-state index contributed by atoms with van der Waals surface area (Å²) in [4.78, 5) is 14.7. The fraction of sp³-hybridized carbons (Fsp3) is 0.333. The molecule has 1 aliphatic heterocycles. The summed E-state index contributed by atoms with van der Waals surface area (Å²) in [5.41, 5.74) is 2.19. The van der Waals surface area contributed by atoms with Gasteiger partial charge in [0.2, 0.25) is 5.91 Å². The lowest BCUT2D eigenvalue weighted by molar-refractivity contribution is -0.117. The number of methoxy groups -OCH3 is 2. The van der Waals surface area contributed by atoms with Crippen LogP contribution in [0.2, 0.25) is 0 Å². The minimum Gasteiger partial charge on any atom is -0.497 e. The molecule has 0 bridgehead atoms. The largest absolute Gasteiger partial charge is 0.497 e. The molecule has 2 aromatic rings. The Kier molecular flexibility index (Phi) is 5.94. The van der Waals surface area contributed by atoms with Crippen molar-refractivity contribution in [3.63, 3.8) is 0 Å². The number of likely N-dealkylation sites (tertiary alicyclic amines) is 1. The zero-order valence-corrected chi connectivity index (χ0v) is 15.6. The average Bonchev–Trinajstić information content (AvgIpc) is 3.15. The topological polar surface area (TPSA) is 74.6 Å². The number of hydrogen-bond acceptors (Lipinski definition) is 5. The van der Waals surface area contributed by atoms with E-state index < -0.39 is 0 Å². The highest BCUT2D eigenvalue weighted by Gasteiger charge is 2.30. The van der Waals surface area contributed by atoms with E-state index in [-0.39, 0.29) is 18.5 Å². The molecule has 1 heterocycles. The van der Waals surface area contributed by atoms with Crippen molar-refractivity contribution in [1.82, 2.24) is 4.90 Å². The van der Waals surface area contributed by atoms with E-state index in [9.17, 15) is 4.79 Å². The van der Waals surface area contributed by atoms with Gasteiger partial charge in [-0.15, -0.1) is 0 Å². The molecule has 0 radical (unpaired) electrons. The van der Waals surface area contributed by atoms with E-state index >= 15 is 0 Å². The van der Waals surface area contributed by atoms with Crippen molar-refractivity contribution in [2.24, 2.45) is 0 Å². The molecule has 1 aliphatic rings. The van der Waals surface area contributed by atoms with Gasteiger partial charge in [0.1, 0.15) is 11.5 Å². The van der Waals surface area contributed by atoms with Crippen molar-refractivity contribution in [2.45, 2.75) is 18.9 Å². The Bertz CT molecular complexity index is 860. The summed E-state index contributed by atoms with van der Waals surface area (Å²) in [7, 11) is 3.29. The summed E-state index contributed by atoms with van der Waals surface area (Å²) in [6.07, 6.45) is 1.98. The van der Waals surface area contributed by atoms with Gasteiger partial charge in [0.25, 0.3) is 0 Å². The second-order valence-electron chi connectivity index (χ2n) is 6.48. The number of ether oxygens (including phenoxy) is 2. The molecule has 27 heavy (non-hydrogen) atoms. The van der Waals surface area contributed by atoms with Crippen LogP contribution in [0.5, 0.6) is 11.5 Å². The normalized spacial score (nSPS) is 16.6. The number of amides is 1.